The maximum Gasteiger partial charge on any atom is 0.261 e. The summed E-state index contributed by atoms with van der Waals surface area (Å²) in [7, 11) is -2.54. The lowest BCUT2D eigenvalue weighted by Crippen LogP contribution is -2.66. The smallest absolute Gasteiger partial charge is 0.261 e. The molecule has 0 N–H and O–H groups in total. The van der Waals surface area contributed by atoms with Crippen molar-refractivity contribution in [3.8, 4) is 0 Å². The van der Waals surface area contributed by atoms with Crippen molar-refractivity contribution in [2.75, 3.05) is 165 Å². The Hall–Kier alpha value is -1.86. The highest BCUT2D eigenvalue weighted by atomic mass is 28.4. The van der Waals surface area contributed by atoms with Crippen LogP contribution < -0.4 is 10.4 Å². The van der Waals surface area contributed by atoms with Crippen LogP contribution in [0, 0.1) is 0 Å². The van der Waals surface area contributed by atoms with Crippen molar-refractivity contribution < 1.29 is 61.3 Å². The molecule has 0 spiro atoms. The van der Waals surface area contributed by atoms with Crippen molar-refractivity contribution in [2.45, 2.75) is 45.6 Å². The molecule has 0 atom stereocenters. The molecule has 0 heterocycles. The summed E-state index contributed by atoms with van der Waals surface area (Å²) in [6.45, 7) is 22.4. The maximum absolute atomic E-state index is 6.85. The first kappa shape index (κ1) is 52.3. The molecule has 14 heteroatoms. The summed E-state index contributed by atoms with van der Waals surface area (Å²) in [5.74, 6) is 0. The molecule has 0 bridgehead atoms. The van der Waals surface area contributed by atoms with Gasteiger partial charge in [-0.1, -0.05) is 94.8 Å². The Morgan fingerprint density at radius 1 is 0.328 bits per heavy atom. The van der Waals surface area contributed by atoms with Gasteiger partial charge in [0.05, 0.1) is 159 Å². The Morgan fingerprint density at radius 2 is 0.552 bits per heavy atom. The van der Waals surface area contributed by atoms with E-state index < -0.39 is 8.32 Å². The van der Waals surface area contributed by atoms with Gasteiger partial charge < -0.3 is 61.3 Å². The first-order valence-electron chi connectivity index (χ1n) is 21.2. The third-order valence-electron chi connectivity index (χ3n) is 8.70. The Bertz CT molecular complexity index is 1100. The molecule has 2 aromatic rings. The summed E-state index contributed by atoms with van der Waals surface area (Å²) in [6.07, 6.45) is 2.24. The van der Waals surface area contributed by atoms with Crippen LogP contribution in [0.25, 0.3) is 0 Å². The van der Waals surface area contributed by atoms with Gasteiger partial charge in [0.15, 0.2) is 0 Å². The molecular weight excluding hydrogens is 765 g/mol. The Labute approximate surface area is 350 Å². The lowest BCUT2D eigenvalue weighted by Gasteiger charge is -2.43. The van der Waals surface area contributed by atoms with E-state index in [-0.39, 0.29) is 5.04 Å². The van der Waals surface area contributed by atoms with Crippen molar-refractivity contribution in [3.05, 3.63) is 60.7 Å². The minimum Gasteiger partial charge on any atom is -0.405 e. The maximum atomic E-state index is 6.85. The Morgan fingerprint density at radius 3 is 0.776 bits per heavy atom. The summed E-state index contributed by atoms with van der Waals surface area (Å²) in [5, 5.41) is 2.48. The largest absolute Gasteiger partial charge is 0.405 e. The highest BCUT2D eigenvalue weighted by Gasteiger charge is 2.50. The van der Waals surface area contributed by atoms with Crippen LogP contribution in [0.1, 0.15) is 40.5 Å². The summed E-state index contributed by atoms with van der Waals surface area (Å²) < 4.78 is 73.5. The quantitative estimate of drug-likeness (QED) is 0.0688. The van der Waals surface area contributed by atoms with E-state index in [1.165, 1.54) is 10.4 Å². The fourth-order valence-corrected chi connectivity index (χ4v) is 10.3. The molecule has 13 nitrogen and oxygen atoms in total. The normalized spacial score (nSPS) is 12.1. The molecular formula is C44H76O13Si. The average molecular weight is 841 g/mol. The molecule has 0 aliphatic rings. The highest BCUT2D eigenvalue weighted by Crippen LogP contribution is 2.36. The highest BCUT2D eigenvalue weighted by molar-refractivity contribution is 6.99. The van der Waals surface area contributed by atoms with Crippen LogP contribution in [0.4, 0.5) is 0 Å². The number of unbranched alkanes of at least 4 members (excludes halogenated alkanes) is 1. The Kier molecular flexibility index (Phi) is 33.3. The van der Waals surface area contributed by atoms with E-state index in [9.17, 15) is 0 Å². The van der Waals surface area contributed by atoms with E-state index in [1.54, 1.807) is 0 Å². The van der Waals surface area contributed by atoms with Crippen LogP contribution >= 0.6 is 0 Å². The van der Waals surface area contributed by atoms with E-state index in [0.29, 0.717) is 159 Å². The van der Waals surface area contributed by atoms with Gasteiger partial charge in [-0.15, -0.1) is 0 Å². The second-order valence-corrected chi connectivity index (χ2v) is 18.5. The fourth-order valence-electron chi connectivity index (χ4n) is 5.78. The summed E-state index contributed by atoms with van der Waals surface area (Å²) in [5.41, 5.74) is 0. The zero-order valence-electron chi connectivity index (χ0n) is 36.2. The van der Waals surface area contributed by atoms with Gasteiger partial charge in [-0.2, -0.15) is 0 Å². The molecule has 0 fully saturated rings. The average Bonchev–Trinajstić information content (AvgIpc) is 3.23. The Balaban J connectivity index is 1.26. The fraction of sp³-hybridized carbons (Fsp3) is 0.727. The van der Waals surface area contributed by atoms with Gasteiger partial charge in [0.25, 0.3) is 8.32 Å². The molecule has 0 unspecified atom stereocenters. The van der Waals surface area contributed by atoms with E-state index in [2.05, 4.69) is 88.4 Å². The second kappa shape index (κ2) is 36.9. The molecule has 334 valence electrons. The standard InChI is InChI=1S/C44H76O13Si/c1-5-6-17-45-18-19-46-20-21-47-22-23-48-24-25-49-26-27-50-28-29-51-30-31-52-32-33-53-34-35-54-36-37-55-38-39-56-40-41-57-58(44(2,3)4,42-13-9-7-10-14-42)43-15-11-8-12-16-43/h7-16H,5-6,17-41H2,1-4H3. The van der Waals surface area contributed by atoms with E-state index in [0.717, 1.165) is 19.4 Å². The van der Waals surface area contributed by atoms with Gasteiger partial charge in [-0.05, 0) is 21.8 Å². The SMILES string of the molecule is CCCCOCCOCCOCCOCCOCCOCCOCCOCCOCCOCCOCCOCCO[Si](c1ccccc1)(c1ccccc1)C(C)(C)C. The van der Waals surface area contributed by atoms with E-state index >= 15 is 0 Å². The van der Waals surface area contributed by atoms with Gasteiger partial charge >= 0.3 is 0 Å². The predicted octanol–water partition coefficient (Wildman–Crippen LogP) is 4.56. The molecule has 0 aliphatic heterocycles. The third-order valence-corrected chi connectivity index (χ3v) is 13.7. The van der Waals surface area contributed by atoms with Gasteiger partial charge in [-0.3, -0.25) is 0 Å². The zero-order chi connectivity index (χ0) is 41.5. The third kappa shape index (κ3) is 25.7. The first-order chi connectivity index (χ1) is 28.5. The molecule has 2 aromatic carbocycles. The van der Waals surface area contributed by atoms with Crippen molar-refractivity contribution >= 4 is 18.7 Å². The number of benzene rings is 2. The number of rotatable bonds is 42. The van der Waals surface area contributed by atoms with Crippen molar-refractivity contribution in [2.24, 2.45) is 0 Å². The van der Waals surface area contributed by atoms with E-state index in [1.807, 2.05) is 0 Å². The molecule has 0 saturated carbocycles. The molecule has 58 heavy (non-hydrogen) atoms. The van der Waals surface area contributed by atoms with E-state index in [4.69, 9.17) is 61.3 Å². The summed E-state index contributed by atoms with van der Waals surface area (Å²) in [6, 6.07) is 21.3. The van der Waals surface area contributed by atoms with Crippen molar-refractivity contribution in [3.63, 3.8) is 0 Å². The van der Waals surface area contributed by atoms with Crippen molar-refractivity contribution in [1.82, 2.24) is 0 Å². The minimum atomic E-state index is -2.54. The molecule has 0 aromatic heterocycles. The predicted molar refractivity (Wildman–Crippen MR) is 228 cm³/mol. The van der Waals surface area contributed by atoms with Crippen LogP contribution in [0.3, 0.4) is 0 Å². The number of hydrogen-bond donors (Lipinski definition) is 0. The summed E-state index contributed by atoms with van der Waals surface area (Å²) in [4.78, 5) is 0. The van der Waals surface area contributed by atoms with Crippen molar-refractivity contribution in [1.29, 1.82) is 0 Å². The molecule has 0 saturated heterocycles. The van der Waals surface area contributed by atoms with Crippen LogP contribution in [-0.2, 0) is 61.3 Å². The zero-order valence-corrected chi connectivity index (χ0v) is 37.2. The monoisotopic (exact) mass is 841 g/mol. The van der Waals surface area contributed by atoms with Crippen LogP contribution in [-0.4, -0.2) is 173 Å². The van der Waals surface area contributed by atoms with Gasteiger partial charge in [-0.25, -0.2) is 0 Å². The lowest BCUT2D eigenvalue weighted by atomic mass is 10.2. The van der Waals surface area contributed by atoms with Gasteiger partial charge in [0.1, 0.15) is 0 Å². The van der Waals surface area contributed by atoms with Gasteiger partial charge in [0.2, 0.25) is 0 Å². The molecule has 0 aliphatic carbocycles. The van der Waals surface area contributed by atoms with Crippen LogP contribution in [0.15, 0.2) is 60.7 Å². The second-order valence-electron chi connectivity index (χ2n) is 14.2. The molecule has 0 amide bonds. The summed E-state index contributed by atoms with van der Waals surface area (Å²) >= 11 is 0. The number of ether oxygens (including phenoxy) is 12. The minimum absolute atomic E-state index is 0.0577. The molecule has 0 radical (unpaired) electrons. The molecule has 2 rings (SSSR count). The lowest BCUT2D eigenvalue weighted by molar-refractivity contribution is -0.0285. The number of hydrogen-bond acceptors (Lipinski definition) is 13. The van der Waals surface area contributed by atoms with Crippen LogP contribution in [0.2, 0.25) is 5.04 Å². The van der Waals surface area contributed by atoms with Crippen LogP contribution in [0.5, 0.6) is 0 Å². The first-order valence-corrected chi connectivity index (χ1v) is 23.1. The topological polar surface area (TPSA) is 120 Å². The van der Waals surface area contributed by atoms with Gasteiger partial charge in [0, 0.05) is 6.61 Å².